The minimum Gasteiger partial charge on any atom is -0.484 e. The van der Waals surface area contributed by atoms with Crippen LogP contribution in [0.25, 0.3) is 0 Å². The second kappa shape index (κ2) is 5.96. The van der Waals surface area contributed by atoms with Gasteiger partial charge in [0.1, 0.15) is 5.75 Å². The van der Waals surface area contributed by atoms with Crippen LogP contribution in [0, 0.1) is 12.3 Å². The van der Waals surface area contributed by atoms with E-state index in [4.69, 9.17) is 11.2 Å². The Balaban J connectivity index is 2.58. The van der Waals surface area contributed by atoms with Crippen LogP contribution in [0.1, 0.15) is 5.56 Å². The van der Waals surface area contributed by atoms with E-state index in [-0.39, 0.29) is 18.9 Å². The van der Waals surface area contributed by atoms with Crippen molar-refractivity contribution in [2.75, 3.05) is 13.2 Å². The Morgan fingerprint density at radius 2 is 2.17 bits per heavy atom. The number of amides is 1. The number of halogens is 3. The molecule has 0 radical (unpaired) electrons. The van der Waals surface area contributed by atoms with Crippen molar-refractivity contribution in [1.29, 1.82) is 0 Å². The van der Waals surface area contributed by atoms with E-state index >= 15 is 0 Å². The molecule has 1 aromatic carbocycles. The first-order valence-electron chi connectivity index (χ1n) is 4.93. The Labute approximate surface area is 102 Å². The molecular weight excluding hydrogens is 247 g/mol. The van der Waals surface area contributed by atoms with E-state index in [1.54, 1.807) is 0 Å². The summed E-state index contributed by atoms with van der Waals surface area (Å²) in [6, 6.07) is 4.29. The number of hydrogen-bond donors (Lipinski definition) is 1. The molecule has 0 unspecified atom stereocenters. The molecule has 0 aromatic heterocycles. The number of rotatable bonds is 4. The van der Waals surface area contributed by atoms with Crippen LogP contribution >= 0.6 is 0 Å². The first-order chi connectivity index (χ1) is 8.43. The van der Waals surface area contributed by atoms with E-state index in [0.717, 1.165) is 12.1 Å². The number of carbonyl (C=O) groups excluding carboxylic acids is 1. The standard InChI is InChI=1S/C12H10F3NO2/c1-2-6-16-11(17)8-18-10-5-3-4-9(7-10)12(13,14)15/h1,3-5,7H,6,8H2,(H,16,17). The minimum absolute atomic E-state index is 0.0271. The fourth-order valence-corrected chi connectivity index (χ4v) is 1.11. The third kappa shape index (κ3) is 4.37. The molecule has 1 rings (SSSR count). The Morgan fingerprint density at radius 3 is 2.78 bits per heavy atom. The van der Waals surface area contributed by atoms with Crippen molar-refractivity contribution in [1.82, 2.24) is 5.32 Å². The Morgan fingerprint density at radius 1 is 1.44 bits per heavy atom. The molecule has 1 N–H and O–H groups in total. The SMILES string of the molecule is C#CCNC(=O)COc1cccc(C(F)(F)F)c1. The van der Waals surface area contributed by atoms with Crippen molar-refractivity contribution in [2.24, 2.45) is 0 Å². The van der Waals surface area contributed by atoms with Gasteiger partial charge in [0.25, 0.3) is 5.91 Å². The van der Waals surface area contributed by atoms with Crippen LogP contribution in [0.15, 0.2) is 24.3 Å². The zero-order valence-corrected chi connectivity index (χ0v) is 9.25. The number of benzene rings is 1. The highest BCUT2D eigenvalue weighted by molar-refractivity contribution is 5.77. The molecule has 0 saturated heterocycles. The molecule has 0 saturated carbocycles. The lowest BCUT2D eigenvalue weighted by Crippen LogP contribution is -2.29. The summed E-state index contributed by atoms with van der Waals surface area (Å²) < 4.78 is 42.0. The maximum absolute atomic E-state index is 12.4. The average molecular weight is 257 g/mol. The van der Waals surface area contributed by atoms with Gasteiger partial charge in [-0.25, -0.2) is 0 Å². The molecule has 0 aliphatic rings. The van der Waals surface area contributed by atoms with Gasteiger partial charge in [0.05, 0.1) is 12.1 Å². The van der Waals surface area contributed by atoms with Gasteiger partial charge in [-0.3, -0.25) is 4.79 Å². The van der Waals surface area contributed by atoms with Gasteiger partial charge in [0.2, 0.25) is 0 Å². The summed E-state index contributed by atoms with van der Waals surface area (Å²) in [6.07, 6.45) is 0.482. The predicted octanol–water partition coefficient (Wildman–Crippen LogP) is 1.83. The molecule has 1 amide bonds. The van der Waals surface area contributed by atoms with Gasteiger partial charge in [0, 0.05) is 0 Å². The lowest BCUT2D eigenvalue weighted by Gasteiger charge is -2.09. The monoisotopic (exact) mass is 257 g/mol. The van der Waals surface area contributed by atoms with Crippen molar-refractivity contribution in [2.45, 2.75) is 6.18 Å². The van der Waals surface area contributed by atoms with Crippen LogP contribution in [0.4, 0.5) is 13.2 Å². The summed E-state index contributed by atoms with van der Waals surface area (Å²) >= 11 is 0. The van der Waals surface area contributed by atoms with E-state index in [9.17, 15) is 18.0 Å². The summed E-state index contributed by atoms with van der Waals surface area (Å²) in [6.45, 7) is -0.340. The van der Waals surface area contributed by atoms with E-state index in [0.29, 0.717) is 0 Å². The van der Waals surface area contributed by atoms with Crippen LogP contribution in [0.3, 0.4) is 0 Å². The quantitative estimate of drug-likeness (QED) is 0.836. The molecule has 0 fully saturated rings. The fourth-order valence-electron chi connectivity index (χ4n) is 1.11. The Bertz CT molecular complexity index is 463. The molecule has 0 heterocycles. The number of alkyl halides is 3. The number of hydrogen-bond acceptors (Lipinski definition) is 2. The van der Waals surface area contributed by atoms with Gasteiger partial charge < -0.3 is 10.1 Å². The molecule has 0 bridgehead atoms. The largest absolute Gasteiger partial charge is 0.484 e. The van der Waals surface area contributed by atoms with Gasteiger partial charge in [-0.15, -0.1) is 6.42 Å². The van der Waals surface area contributed by atoms with Crippen LogP contribution in [-0.4, -0.2) is 19.1 Å². The highest BCUT2D eigenvalue weighted by atomic mass is 19.4. The first-order valence-corrected chi connectivity index (χ1v) is 4.93. The minimum atomic E-state index is -4.44. The van der Waals surface area contributed by atoms with E-state index < -0.39 is 17.6 Å². The summed E-state index contributed by atoms with van der Waals surface area (Å²) in [5.74, 6) is 1.67. The van der Waals surface area contributed by atoms with Gasteiger partial charge >= 0.3 is 6.18 Å². The third-order valence-electron chi connectivity index (χ3n) is 1.92. The van der Waals surface area contributed by atoms with Crippen LogP contribution in [0.5, 0.6) is 5.75 Å². The van der Waals surface area contributed by atoms with Crippen LogP contribution in [0.2, 0.25) is 0 Å². The van der Waals surface area contributed by atoms with Crippen LogP contribution in [-0.2, 0) is 11.0 Å². The summed E-state index contributed by atoms with van der Waals surface area (Å²) in [4.78, 5) is 11.1. The maximum atomic E-state index is 12.4. The van der Waals surface area contributed by atoms with E-state index in [2.05, 4.69) is 11.2 Å². The van der Waals surface area contributed by atoms with Crippen molar-refractivity contribution in [3.63, 3.8) is 0 Å². The molecule has 18 heavy (non-hydrogen) atoms. The molecule has 0 spiro atoms. The van der Waals surface area contributed by atoms with E-state index in [1.165, 1.54) is 12.1 Å². The molecular formula is C12H10F3NO2. The number of nitrogens with one attached hydrogen (secondary N) is 1. The molecule has 0 atom stereocenters. The predicted molar refractivity (Wildman–Crippen MR) is 58.8 cm³/mol. The lowest BCUT2D eigenvalue weighted by atomic mass is 10.2. The van der Waals surface area contributed by atoms with Crippen molar-refractivity contribution < 1.29 is 22.7 Å². The second-order valence-corrected chi connectivity index (χ2v) is 3.30. The third-order valence-corrected chi connectivity index (χ3v) is 1.92. The topological polar surface area (TPSA) is 38.3 Å². The summed E-state index contributed by atoms with van der Waals surface area (Å²) in [5.41, 5.74) is -0.830. The smallest absolute Gasteiger partial charge is 0.416 e. The summed E-state index contributed by atoms with van der Waals surface area (Å²) in [7, 11) is 0. The van der Waals surface area contributed by atoms with Crippen molar-refractivity contribution >= 4 is 5.91 Å². The highest BCUT2D eigenvalue weighted by Crippen LogP contribution is 2.31. The highest BCUT2D eigenvalue weighted by Gasteiger charge is 2.30. The maximum Gasteiger partial charge on any atom is 0.416 e. The lowest BCUT2D eigenvalue weighted by molar-refractivity contribution is -0.137. The molecule has 96 valence electrons. The molecule has 3 nitrogen and oxygen atoms in total. The zero-order valence-electron chi connectivity index (χ0n) is 9.25. The Hall–Kier alpha value is -2.16. The number of terminal acetylenes is 1. The summed E-state index contributed by atoms with van der Waals surface area (Å²) in [5, 5.41) is 2.33. The van der Waals surface area contributed by atoms with E-state index in [1.807, 2.05) is 0 Å². The molecule has 1 aromatic rings. The normalized spacial score (nSPS) is 10.6. The zero-order chi connectivity index (χ0) is 13.6. The van der Waals surface area contributed by atoms with Gasteiger partial charge in [0.15, 0.2) is 6.61 Å². The Kier molecular flexibility index (Phi) is 4.60. The number of ether oxygens (including phenoxy) is 1. The van der Waals surface area contributed by atoms with Gasteiger partial charge in [-0.1, -0.05) is 12.0 Å². The fraction of sp³-hybridized carbons (Fsp3) is 0.250. The molecule has 0 aliphatic heterocycles. The number of carbonyl (C=O) groups is 1. The second-order valence-electron chi connectivity index (χ2n) is 3.30. The van der Waals surface area contributed by atoms with Crippen molar-refractivity contribution in [3.05, 3.63) is 29.8 Å². The van der Waals surface area contributed by atoms with Crippen LogP contribution < -0.4 is 10.1 Å². The molecule has 0 aliphatic carbocycles. The molecule has 6 heteroatoms. The van der Waals surface area contributed by atoms with Gasteiger partial charge in [-0.2, -0.15) is 13.2 Å². The van der Waals surface area contributed by atoms with Crippen molar-refractivity contribution in [3.8, 4) is 18.1 Å². The average Bonchev–Trinajstić information content (AvgIpc) is 2.33. The van der Waals surface area contributed by atoms with Gasteiger partial charge in [-0.05, 0) is 18.2 Å². The first kappa shape index (κ1) is 13.9.